The summed E-state index contributed by atoms with van der Waals surface area (Å²) in [6, 6.07) is 6.01. The van der Waals surface area contributed by atoms with Crippen molar-refractivity contribution in [2.45, 2.75) is 31.3 Å². The van der Waals surface area contributed by atoms with Crippen molar-refractivity contribution >= 4 is 28.5 Å². The number of imidazole rings is 1. The average Bonchev–Trinajstić information content (AvgIpc) is 3.19. The zero-order valence-corrected chi connectivity index (χ0v) is 12.0. The average molecular weight is 294 g/mol. The van der Waals surface area contributed by atoms with Gasteiger partial charge in [0.1, 0.15) is 23.6 Å². The number of aromatic nitrogens is 2. The van der Waals surface area contributed by atoms with E-state index in [-0.39, 0.29) is 18.3 Å². The van der Waals surface area contributed by atoms with Crippen molar-refractivity contribution in [1.82, 2.24) is 14.9 Å². The SMILES string of the molecule is COc1cccc2c1nc(CCl)n2CC(=O)NC1CC1. The third-order valence-corrected chi connectivity index (χ3v) is 3.64. The van der Waals surface area contributed by atoms with Crippen LogP contribution in [-0.4, -0.2) is 28.6 Å². The highest BCUT2D eigenvalue weighted by Crippen LogP contribution is 2.26. The van der Waals surface area contributed by atoms with Crippen LogP contribution in [0.3, 0.4) is 0 Å². The first-order chi connectivity index (χ1) is 9.72. The Morgan fingerprint density at radius 2 is 2.35 bits per heavy atom. The van der Waals surface area contributed by atoms with E-state index in [0.29, 0.717) is 17.6 Å². The summed E-state index contributed by atoms with van der Waals surface area (Å²) in [6.07, 6.45) is 2.15. The van der Waals surface area contributed by atoms with E-state index in [4.69, 9.17) is 16.3 Å². The first kappa shape index (κ1) is 13.2. The lowest BCUT2D eigenvalue weighted by atomic mass is 10.3. The molecule has 0 atom stereocenters. The van der Waals surface area contributed by atoms with Gasteiger partial charge in [-0.2, -0.15) is 0 Å². The second-order valence-corrected chi connectivity index (χ2v) is 5.18. The molecule has 0 spiro atoms. The molecule has 1 fully saturated rings. The molecule has 0 saturated heterocycles. The minimum absolute atomic E-state index is 0.000913. The fourth-order valence-corrected chi connectivity index (χ4v) is 2.46. The molecule has 6 heteroatoms. The van der Waals surface area contributed by atoms with Gasteiger partial charge in [0.15, 0.2) is 0 Å². The minimum atomic E-state index is 0.000913. The molecule has 2 aromatic rings. The van der Waals surface area contributed by atoms with Crippen LogP contribution in [0, 0.1) is 0 Å². The van der Waals surface area contributed by atoms with Crippen molar-refractivity contribution in [3.05, 3.63) is 24.0 Å². The van der Waals surface area contributed by atoms with Crippen molar-refractivity contribution in [2.75, 3.05) is 7.11 Å². The molecular formula is C14H16ClN3O2. The predicted molar refractivity (Wildman–Crippen MR) is 77.0 cm³/mol. The molecule has 20 heavy (non-hydrogen) atoms. The van der Waals surface area contributed by atoms with Crippen LogP contribution >= 0.6 is 11.6 Å². The summed E-state index contributed by atoms with van der Waals surface area (Å²) < 4.78 is 7.15. The monoisotopic (exact) mass is 293 g/mol. The Hall–Kier alpha value is -1.75. The Kier molecular flexibility index (Phi) is 3.53. The minimum Gasteiger partial charge on any atom is -0.494 e. The van der Waals surface area contributed by atoms with Crippen molar-refractivity contribution < 1.29 is 9.53 Å². The molecule has 1 aromatic carbocycles. The fraction of sp³-hybridized carbons (Fsp3) is 0.429. The number of hydrogen-bond acceptors (Lipinski definition) is 3. The number of hydrogen-bond donors (Lipinski definition) is 1. The second-order valence-electron chi connectivity index (χ2n) is 4.92. The summed E-state index contributed by atoms with van der Waals surface area (Å²) in [5.74, 6) is 1.63. The molecule has 0 unspecified atom stereocenters. The molecule has 0 bridgehead atoms. The molecule has 3 rings (SSSR count). The van der Waals surface area contributed by atoms with E-state index in [9.17, 15) is 4.79 Å². The van der Waals surface area contributed by atoms with Gasteiger partial charge in [0, 0.05) is 6.04 Å². The summed E-state index contributed by atoms with van der Waals surface area (Å²) in [7, 11) is 1.61. The van der Waals surface area contributed by atoms with E-state index < -0.39 is 0 Å². The lowest BCUT2D eigenvalue weighted by Crippen LogP contribution is -2.29. The van der Waals surface area contributed by atoms with E-state index in [0.717, 1.165) is 23.9 Å². The van der Waals surface area contributed by atoms with Crippen LogP contribution < -0.4 is 10.1 Å². The van der Waals surface area contributed by atoms with Gasteiger partial charge < -0.3 is 14.6 Å². The van der Waals surface area contributed by atoms with Crippen LogP contribution in [-0.2, 0) is 17.2 Å². The smallest absolute Gasteiger partial charge is 0.240 e. The zero-order valence-electron chi connectivity index (χ0n) is 11.2. The van der Waals surface area contributed by atoms with Gasteiger partial charge in [-0.05, 0) is 25.0 Å². The molecule has 1 aliphatic carbocycles. The molecule has 1 saturated carbocycles. The highest BCUT2D eigenvalue weighted by molar-refractivity contribution is 6.17. The number of nitrogens with one attached hydrogen (secondary N) is 1. The van der Waals surface area contributed by atoms with Crippen LogP contribution in [0.1, 0.15) is 18.7 Å². The molecule has 1 aliphatic rings. The Bertz CT molecular complexity index is 649. The van der Waals surface area contributed by atoms with E-state index in [2.05, 4.69) is 10.3 Å². The highest BCUT2D eigenvalue weighted by atomic mass is 35.5. The third kappa shape index (κ3) is 2.45. The van der Waals surface area contributed by atoms with Crippen molar-refractivity contribution in [3.63, 3.8) is 0 Å². The lowest BCUT2D eigenvalue weighted by molar-refractivity contribution is -0.121. The third-order valence-electron chi connectivity index (χ3n) is 3.40. The van der Waals surface area contributed by atoms with Crippen LogP contribution in [0.4, 0.5) is 0 Å². The summed E-state index contributed by atoms with van der Waals surface area (Å²) in [5, 5.41) is 2.97. The number of methoxy groups -OCH3 is 1. The number of amides is 1. The molecule has 1 amide bonds. The molecule has 106 valence electrons. The van der Waals surface area contributed by atoms with Crippen molar-refractivity contribution in [3.8, 4) is 5.75 Å². The van der Waals surface area contributed by atoms with Gasteiger partial charge in [0.05, 0.1) is 18.5 Å². The predicted octanol–water partition coefficient (Wildman–Crippen LogP) is 2.06. The standard InChI is InChI=1S/C14H16ClN3O2/c1-20-11-4-2-3-10-14(11)17-12(7-15)18(10)8-13(19)16-9-5-6-9/h2-4,9H,5-8H2,1H3,(H,16,19). The molecule has 1 N–H and O–H groups in total. The molecule has 0 aliphatic heterocycles. The topological polar surface area (TPSA) is 56.2 Å². The van der Waals surface area contributed by atoms with Gasteiger partial charge in [-0.25, -0.2) is 4.98 Å². The van der Waals surface area contributed by atoms with E-state index in [1.807, 2.05) is 22.8 Å². The van der Waals surface area contributed by atoms with Crippen LogP contribution in [0.15, 0.2) is 18.2 Å². The maximum Gasteiger partial charge on any atom is 0.240 e. The number of carbonyl (C=O) groups excluding carboxylic acids is 1. The fourth-order valence-electron chi connectivity index (χ4n) is 2.26. The number of ether oxygens (including phenoxy) is 1. The maximum absolute atomic E-state index is 12.0. The maximum atomic E-state index is 12.0. The van der Waals surface area contributed by atoms with E-state index >= 15 is 0 Å². The summed E-state index contributed by atoms with van der Waals surface area (Å²) in [6.45, 7) is 0.238. The van der Waals surface area contributed by atoms with Crippen molar-refractivity contribution in [1.29, 1.82) is 0 Å². The van der Waals surface area contributed by atoms with Crippen LogP contribution in [0.5, 0.6) is 5.75 Å². The van der Waals surface area contributed by atoms with Gasteiger partial charge in [-0.15, -0.1) is 11.6 Å². The Morgan fingerprint density at radius 1 is 1.55 bits per heavy atom. The normalized spacial score (nSPS) is 14.5. The van der Waals surface area contributed by atoms with Crippen LogP contribution in [0.25, 0.3) is 11.0 Å². The Balaban J connectivity index is 1.96. The van der Waals surface area contributed by atoms with E-state index in [1.165, 1.54) is 0 Å². The molecular weight excluding hydrogens is 278 g/mol. The number of halogens is 1. The summed E-state index contributed by atoms with van der Waals surface area (Å²) in [4.78, 5) is 16.5. The van der Waals surface area contributed by atoms with Crippen LogP contribution in [0.2, 0.25) is 0 Å². The molecule has 5 nitrogen and oxygen atoms in total. The zero-order chi connectivity index (χ0) is 14.1. The van der Waals surface area contributed by atoms with Gasteiger partial charge in [0.2, 0.25) is 5.91 Å². The first-order valence-electron chi connectivity index (χ1n) is 6.60. The summed E-state index contributed by atoms with van der Waals surface area (Å²) in [5.41, 5.74) is 1.61. The number of carbonyl (C=O) groups is 1. The molecule has 0 radical (unpaired) electrons. The number of nitrogens with zero attached hydrogens (tertiary/aromatic N) is 2. The number of rotatable bonds is 5. The molecule has 1 heterocycles. The Labute approximate surface area is 121 Å². The van der Waals surface area contributed by atoms with Gasteiger partial charge in [0.25, 0.3) is 0 Å². The number of para-hydroxylation sites is 1. The second kappa shape index (κ2) is 5.32. The number of alkyl halides is 1. The highest BCUT2D eigenvalue weighted by Gasteiger charge is 2.24. The Morgan fingerprint density at radius 3 is 3.00 bits per heavy atom. The lowest BCUT2D eigenvalue weighted by Gasteiger charge is -2.08. The number of benzene rings is 1. The number of fused-ring (bicyclic) bond motifs is 1. The summed E-state index contributed by atoms with van der Waals surface area (Å²) >= 11 is 5.94. The molecule has 1 aromatic heterocycles. The van der Waals surface area contributed by atoms with Gasteiger partial charge in [-0.3, -0.25) is 4.79 Å². The first-order valence-corrected chi connectivity index (χ1v) is 7.14. The quantitative estimate of drug-likeness (QED) is 0.859. The van der Waals surface area contributed by atoms with E-state index in [1.54, 1.807) is 7.11 Å². The van der Waals surface area contributed by atoms with Gasteiger partial charge in [-0.1, -0.05) is 6.07 Å². The van der Waals surface area contributed by atoms with Gasteiger partial charge >= 0.3 is 0 Å². The largest absolute Gasteiger partial charge is 0.494 e. The van der Waals surface area contributed by atoms with Crippen molar-refractivity contribution in [2.24, 2.45) is 0 Å².